The van der Waals surface area contributed by atoms with Gasteiger partial charge in [0.1, 0.15) is 5.92 Å². The van der Waals surface area contributed by atoms with Crippen LogP contribution in [0.5, 0.6) is 0 Å². The summed E-state index contributed by atoms with van der Waals surface area (Å²) in [5.74, 6) is -1.04. The maximum Gasteiger partial charge on any atom is 0.239 e. The van der Waals surface area contributed by atoms with Crippen LogP contribution in [0.1, 0.15) is 40.7 Å². The molecule has 0 spiro atoms. The van der Waals surface area contributed by atoms with Crippen LogP contribution in [0, 0.1) is 25.7 Å². The minimum absolute atomic E-state index is 0.0218. The molecular weight excluding hydrogens is 447 g/mol. The first-order valence-corrected chi connectivity index (χ1v) is 11.7. The van der Waals surface area contributed by atoms with Crippen LogP contribution in [-0.2, 0) is 9.59 Å². The highest BCUT2D eigenvalue weighted by Crippen LogP contribution is 2.31. The summed E-state index contributed by atoms with van der Waals surface area (Å²) in [5, 5.41) is 0.776. The van der Waals surface area contributed by atoms with E-state index in [1.165, 1.54) is 5.56 Å². The van der Waals surface area contributed by atoms with Gasteiger partial charge in [0.15, 0.2) is 5.78 Å². The average molecular weight is 473 g/mol. The number of carbonyl (C=O) groups is 3. The summed E-state index contributed by atoms with van der Waals surface area (Å²) >= 11 is 12.0. The highest BCUT2D eigenvalue weighted by Gasteiger charge is 2.41. The number of hydrogen-bond donors (Lipinski definition) is 0. The molecule has 4 rings (SSSR count). The van der Waals surface area contributed by atoms with Crippen LogP contribution < -0.4 is 4.90 Å². The number of carbonyl (C=O) groups excluding carboxylic acids is 3. The summed E-state index contributed by atoms with van der Waals surface area (Å²) < 4.78 is 0. The molecule has 0 radical (unpaired) electrons. The largest absolute Gasteiger partial charge is 0.342 e. The van der Waals surface area contributed by atoms with Crippen molar-refractivity contribution in [3.63, 3.8) is 0 Å². The Bertz CT molecular complexity index is 1080. The Balaban J connectivity index is 1.37. The van der Waals surface area contributed by atoms with Crippen LogP contribution in [0.2, 0.25) is 10.0 Å². The fourth-order valence-electron chi connectivity index (χ4n) is 4.53. The van der Waals surface area contributed by atoms with Gasteiger partial charge in [0.25, 0.3) is 0 Å². The smallest absolute Gasteiger partial charge is 0.239 e. The van der Waals surface area contributed by atoms with Crippen molar-refractivity contribution in [3.8, 4) is 0 Å². The van der Waals surface area contributed by atoms with Crippen molar-refractivity contribution in [2.24, 2.45) is 11.8 Å². The van der Waals surface area contributed by atoms with Gasteiger partial charge in [-0.25, -0.2) is 0 Å². The van der Waals surface area contributed by atoms with Gasteiger partial charge in [0, 0.05) is 36.8 Å². The van der Waals surface area contributed by atoms with Crippen LogP contribution in [0.15, 0.2) is 36.4 Å². The second-order valence-electron chi connectivity index (χ2n) is 8.69. The Kier molecular flexibility index (Phi) is 6.59. The van der Waals surface area contributed by atoms with E-state index >= 15 is 0 Å². The molecule has 2 fully saturated rings. The lowest BCUT2D eigenvalue weighted by atomic mass is 9.88. The summed E-state index contributed by atoms with van der Waals surface area (Å²) in [5.41, 5.74) is 3.68. The Morgan fingerprint density at radius 3 is 2.25 bits per heavy atom. The molecule has 7 heteroatoms. The highest BCUT2D eigenvalue weighted by atomic mass is 35.5. The van der Waals surface area contributed by atoms with Gasteiger partial charge in [0.05, 0.1) is 10.0 Å². The molecule has 2 aromatic carbocycles. The van der Waals surface area contributed by atoms with Crippen molar-refractivity contribution in [1.82, 2.24) is 4.90 Å². The molecule has 0 N–H and O–H groups in total. The molecule has 2 amide bonds. The summed E-state index contributed by atoms with van der Waals surface area (Å²) in [6.45, 7) is 5.55. The molecule has 1 unspecified atom stereocenters. The summed E-state index contributed by atoms with van der Waals surface area (Å²) in [6.07, 6.45) is 1.67. The third-order valence-electron chi connectivity index (χ3n) is 6.69. The predicted molar refractivity (Wildman–Crippen MR) is 126 cm³/mol. The first kappa shape index (κ1) is 22.8. The molecule has 1 atom stereocenters. The molecule has 2 heterocycles. The van der Waals surface area contributed by atoms with Gasteiger partial charge in [0.2, 0.25) is 11.8 Å². The van der Waals surface area contributed by atoms with Crippen molar-refractivity contribution in [2.45, 2.75) is 33.1 Å². The van der Waals surface area contributed by atoms with Crippen LogP contribution in [0.4, 0.5) is 5.69 Å². The Hall–Kier alpha value is -2.37. The number of aryl methyl sites for hydroxylation is 2. The van der Waals surface area contributed by atoms with Crippen LogP contribution in [0.25, 0.3) is 0 Å². The van der Waals surface area contributed by atoms with E-state index in [0.29, 0.717) is 54.5 Å². The molecule has 2 saturated heterocycles. The van der Waals surface area contributed by atoms with E-state index in [9.17, 15) is 14.4 Å². The summed E-state index contributed by atoms with van der Waals surface area (Å²) in [6, 6.07) is 10.9. The first-order valence-electron chi connectivity index (χ1n) is 10.9. The Morgan fingerprint density at radius 1 is 0.875 bits per heavy atom. The van der Waals surface area contributed by atoms with E-state index in [4.69, 9.17) is 23.2 Å². The third-order valence-corrected chi connectivity index (χ3v) is 7.43. The van der Waals surface area contributed by atoms with Crippen LogP contribution in [0.3, 0.4) is 0 Å². The topological polar surface area (TPSA) is 57.7 Å². The molecule has 0 bridgehead atoms. The molecule has 2 aliphatic heterocycles. The number of hydrogen-bond acceptors (Lipinski definition) is 3. The number of halogens is 2. The molecular formula is C25H26Cl2N2O3. The monoisotopic (exact) mass is 472 g/mol. The first-order chi connectivity index (χ1) is 15.3. The number of nitrogens with zero attached hydrogens (tertiary/aromatic N) is 2. The molecule has 0 aromatic heterocycles. The normalized spacial score (nSPS) is 19.5. The fraction of sp³-hybridized carbons (Fsp3) is 0.400. The summed E-state index contributed by atoms with van der Waals surface area (Å²) in [4.78, 5) is 42.4. The van der Waals surface area contributed by atoms with Crippen LogP contribution in [-0.4, -0.2) is 42.1 Å². The molecule has 32 heavy (non-hydrogen) atoms. The van der Waals surface area contributed by atoms with E-state index in [0.717, 1.165) is 11.3 Å². The number of likely N-dealkylation sites (tertiary alicyclic amines) is 1. The lowest BCUT2D eigenvalue weighted by molar-refractivity contribution is -0.140. The van der Waals surface area contributed by atoms with E-state index < -0.39 is 5.92 Å². The number of anilines is 1. The van der Waals surface area contributed by atoms with Gasteiger partial charge in [-0.2, -0.15) is 0 Å². The molecule has 2 aromatic rings. The van der Waals surface area contributed by atoms with Crippen molar-refractivity contribution in [2.75, 3.05) is 24.5 Å². The van der Waals surface area contributed by atoms with Crippen molar-refractivity contribution < 1.29 is 14.4 Å². The van der Waals surface area contributed by atoms with Gasteiger partial charge in [-0.05, 0) is 74.6 Å². The predicted octanol–water partition coefficient (Wildman–Crippen LogP) is 5.08. The van der Waals surface area contributed by atoms with Gasteiger partial charge in [-0.15, -0.1) is 0 Å². The summed E-state index contributed by atoms with van der Waals surface area (Å²) in [7, 11) is 0. The number of ketones is 1. The van der Waals surface area contributed by atoms with E-state index in [1.807, 2.05) is 32.0 Å². The van der Waals surface area contributed by atoms with Gasteiger partial charge in [-0.1, -0.05) is 29.3 Å². The fourth-order valence-corrected chi connectivity index (χ4v) is 4.82. The third kappa shape index (κ3) is 4.41. The maximum absolute atomic E-state index is 13.1. The van der Waals surface area contributed by atoms with Gasteiger partial charge in [-0.3, -0.25) is 14.4 Å². The van der Waals surface area contributed by atoms with Gasteiger partial charge < -0.3 is 9.80 Å². The number of amides is 2. The zero-order valence-corrected chi connectivity index (χ0v) is 19.7. The molecule has 168 valence electrons. The van der Waals surface area contributed by atoms with E-state index in [2.05, 4.69) is 0 Å². The second-order valence-corrected chi connectivity index (χ2v) is 9.51. The number of rotatable bonds is 4. The van der Waals surface area contributed by atoms with Crippen molar-refractivity contribution in [1.29, 1.82) is 0 Å². The van der Waals surface area contributed by atoms with E-state index in [1.54, 1.807) is 28.0 Å². The standard InChI is InChI=1S/C25H26Cl2N2O3/c1-15-3-5-19(13-16(15)2)29-12-9-20(25(29)32)24(31)28-10-7-17(8-11-28)23(30)18-4-6-21(26)22(27)14-18/h3-6,13-14,17,20H,7-12H2,1-2H3. The van der Waals surface area contributed by atoms with Crippen LogP contribution >= 0.6 is 23.2 Å². The van der Waals surface area contributed by atoms with Crippen molar-refractivity contribution in [3.05, 3.63) is 63.1 Å². The number of benzene rings is 2. The molecule has 2 aliphatic rings. The molecule has 0 saturated carbocycles. The minimum Gasteiger partial charge on any atom is -0.342 e. The van der Waals surface area contributed by atoms with Gasteiger partial charge >= 0.3 is 0 Å². The lowest BCUT2D eigenvalue weighted by Gasteiger charge is -2.32. The zero-order chi connectivity index (χ0) is 23.0. The zero-order valence-electron chi connectivity index (χ0n) is 18.2. The highest BCUT2D eigenvalue weighted by molar-refractivity contribution is 6.42. The lowest BCUT2D eigenvalue weighted by Crippen LogP contribution is -2.45. The number of piperidine rings is 1. The molecule has 5 nitrogen and oxygen atoms in total. The Morgan fingerprint density at radius 2 is 1.59 bits per heavy atom. The molecule has 0 aliphatic carbocycles. The maximum atomic E-state index is 13.1. The van der Waals surface area contributed by atoms with E-state index in [-0.39, 0.29) is 23.5 Å². The minimum atomic E-state index is -0.640. The Labute approximate surface area is 198 Å². The quantitative estimate of drug-likeness (QED) is 0.460. The number of Topliss-reactive ketones (excluding diaryl/α,β-unsaturated/α-hetero) is 1. The average Bonchev–Trinajstić information content (AvgIpc) is 3.18. The second kappa shape index (κ2) is 9.24. The van der Waals surface area contributed by atoms with Crippen molar-refractivity contribution >= 4 is 46.5 Å². The SMILES string of the molecule is Cc1ccc(N2CCC(C(=O)N3CCC(C(=O)c4ccc(Cl)c(Cl)c4)CC3)C2=O)cc1C.